The van der Waals surface area contributed by atoms with Gasteiger partial charge in [-0.25, -0.2) is 4.98 Å². The molecule has 3 heterocycles. The van der Waals surface area contributed by atoms with Crippen molar-refractivity contribution in [2.24, 2.45) is 5.92 Å². The molecular weight excluding hydrogens is 494 g/mol. The zero-order valence-corrected chi connectivity index (χ0v) is 20.8. The molecule has 10 heteroatoms. The van der Waals surface area contributed by atoms with Crippen LogP contribution >= 0.6 is 15.9 Å². The van der Waals surface area contributed by atoms with E-state index < -0.39 is 0 Å². The Morgan fingerprint density at radius 1 is 1.21 bits per heavy atom. The van der Waals surface area contributed by atoms with Crippen LogP contribution in [0.2, 0.25) is 0 Å². The number of fused-ring (bicyclic) bond motifs is 1. The summed E-state index contributed by atoms with van der Waals surface area (Å²) in [6.07, 6.45) is 0. The van der Waals surface area contributed by atoms with E-state index in [4.69, 9.17) is 10.7 Å². The third-order valence-corrected chi connectivity index (χ3v) is 6.67. The van der Waals surface area contributed by atoms with Crippen LogP contribution in [0.15, 0.2) is 46.9 Å². The van der Waals surface area contributed by atoms with Crippen molar-refractivity contribution in [3.8, 4) is 11.4 Å². The average Bonchev–Trinajstić information content (AvgIpc) is 3.23. The van der Waals surface area contributed by atoms with Crippen LogP contribution in [0.25, 0.3) is 22.3 Å². The largest absolute Gasteiger partial charge is 0.382 e. The van der Waals surface area contributed by atoms with Gasteiger partial charge in [0.25, 0.3) is 0 Å². The molecule has 0 amide bonds. The van der Waals surface area contributed by atoms with Gasteiger partial charge in [-0.2, -0.15) is 5.10 Å². The second-order valence-electron chi connectivity index (χ2n) is 8.91. The Balaban J connectivity index is 1.50. The molecule has 0 radical (unpaired) electrons. The fourth-order valence-corrected chi connectivity index (χ4v) is 4.64. The fourth-order valence-electron chi connectivity index (χ4n) is 4.20. The molecular formula is C24H28BrN9. The van der Waals surface area contributed by atoms with Gasteiger partial charge < -0.3 is 21.3 Å². The van der Waals surface area contributed by atoms with E-state index >= 15 is 0 Å². The Morgan fingerprint density at radius 3 is 2.91 bits per heavy atom. The number of halogens is 1. The number of nitrogen functional groups attached to an aromatic ring is 1. The van der Waals surface area contributed by atoms with Gasteiger partial charge in [-0.3, -0.25) is 5.10 Å². The highest BCUT2D eigenvalue weighted by Gasteiger charge is 2.26. The van der Waals surface area contributed by atoms with Crippen LogP contribution in [0.3, 0.4) is 0 Å². The van der Waals surface area contributed by atoms with Gasteiger partial charge in [-0.15, -0.1) is 10.2 Å². The average molecular weight is 522 g/mol. The van der Waals surface area contributed by atoms with Crippen molar-refractivity contribution in [3.05, 3.63) is 52.5 Å². The number of hydrogen-bond acceptors (Lipinski definition) is 8. The molecule has 0 bridgehead atoms. The van der Waals surface area contributed by atoms with Crippen LogP contribution in [0, 0.1) is 5.92 Å². The number of aromatic amines is 1. The molecule has 1 aliphatic rings. The summed E-state index contributed by atoms with van der Waals surface area (Å²) in [6, 6.07) is 14.5. The van der Waals surface area contributed by atoms with Crippen LogP contribution in [0.5, 0.6) is 0 Å². The normalized spacial score (nSPS) is 16.4. The molecule has 5 N–H and O–H groups in total. The summed E-state index contributed by atoms with van der Waals surface area (Å²) >= 11 is 3.54. The summed E-state index contributed by atoms with van der Waals surface area (Å²) in [5, 5.41) is 24.0. The highest BCUT2D eigenvalue weighted by Crippen LogP contribution is 2.29. The predicted octanol–water partition coefficient (Wildman–Crippen LogP) is 3.81. The van der Waals surface area contributed by atoms with Crippen molar-refractivity contribution < 1.29 is 0 Å². The van der Waals surface area contributed by atoms with Crippen LogP contribution < -0.4 is 21.3 Å². The molecule has 2 aromatic heterocycles. The van der Waals surface area contributed by atoms with Crippen molar-refractivity contribution >= 4 is 44.3 Å². The second kappa shape index (κ2) is 9.55. The third kappa shape index (κ3) is 4.69. The fraction of sp³-hybridized carbons (Fsp3) is 0.333. The number of benzene rings is 2. The lowest BCUT2D eigenvalue weighted by Crippen LogP contribution is -2.53. The first-order valence-electron chi connectivity index (χ1n) is 11.4. The zero-order valence-electron chi connectivity index (χ0n) is 19.2. The summed E-state index contributed by atoms with van der Waals surface area (Å²) < 4.78 is 1.04. The Bertz CT molecular complexity index is 1300. The van der Waals surface area contributed by atoms with Crippen molar-refractivity contribution in [2.45, 2.75) is 26.4 Å². The lowest BCUT2D eigenvalue weighted by molar-refractivity contribution is 0.367. The van der Waals surface area contributed by atoms with Crippen LogP contribution in [-0.2, 0) is 6.54 Å². The lowest BCUT2D eigenvalue weighted by Gasteiger charge is -2.37. The molecule has 2 aromatic carbocycles. The van der Waals surface area contributed by atoms with E-state index in [1.54, 1.807) is 0 Å². The molecule has 4 aromatic rings. The number of nitrogens with one attached hydrogen (secondary N) is 3. The molecule has 34 heavy (non-hydrogen) atoms. The SMILES string of the molecule is CC(C)[C@H]1CN(c2nc(-c3ccc4[nH]nc(N)c4c3)nnc2NCc2cccc(Br)c2)CCN1. The zero-order chi connectivity index (χ0) is 23.7. The highest BCUT2D eigenvalue weighted by molar-refractivity contribution is 9.10. The summed E-state index contributed by atoms with van der Waals surface area (Å²) in [5.41, 5.74) is 8.89. The van der Waals surface area contributed by atoms with Crippen molar-refractivity contribution in [1.29, 1.82) is 0 Å². The number of hydrogen-bond donors (Lipinski definition) is 4. The first kappa shape index (κ1) is 22.5. The quantitative estimate of drug-likeness (QED) is 0.302. The third-order valence-electron chi connectivity index (χ3n) is 6.18. The highest BCUT2D eigenvalue weighted by atomic mass is 79.9. The molecule has 1 saturated heterocycles. The number of nitrogens with zero attached hydrogens (tertiary/aromatic N) is 5. The molecule has 0 saturated carbocycles. The van der Waals surface area contributed by atoms with E-state index in [-0.39, 0.29) is 0 Å². The van der Waals surface area contributed by atoms with Crippen molar-refractivity contribution in [1.82, 2.24) is 30.7 Å². The van der Waals surface area contributed by atoms with E-state index in [1.165, 1.54) is 0 Å². The summed E-state index contributed by atoms with van der Waals surface area (Å²) in [4.78, 5) is 7.29. The smallest absolute Gasteiger partial charge is 0.192 e. The molecule has 0 spiro atoms. The van der Waals surface area contributed by atoms with E-state index in [9.17, 15) is 0 Å². The molecule has 9 nitrogen and oxygen atoms in total. The topological polar surface area (TPSA) is 121 Å². The van der Waals surface area contributed by atoms with E-state index in [1.807, 2.05) is 30.3 Å². The van der Waals surface area contributed by atoms with Gasteiger partial charge in [0.1, 0.15) is 0 Å². The van der Waals surface area contributed by atoms with Gasteiger partial charge in [-0.1, -0.05) is 41.9 Å². The predicted molar refractivity (Wildman–Crippen MR) is 140 cm³/mol. The van der Waals surface area contributed by atoms with Crippen LogP contribution in [0.1, 0.15) is 19.4 Å². The minimum Gasteiger partial charge on any atom is -0.382 e. The van der Waals surface area contributed by atoms with Crippen molar-refractivity contribution in [2.75, 3.05) is 35.6 Å². The molecule has 1 atom stereocenters. The van der Waals surface area contributed by atoms with Gasteiger partial charge in [-0.05, 0) is 41.8 Å². The maximum absolute atomic E-state index is 6.02. The Labute approximate surface area is 206 Å². The monoisotopic (exact) mass is 521 g/mol. The number of anilines is 3. The van der Waals surface area contributed by atoms with Gasteiger partial charge in [0.15, 0.2) is 23.3 Å². The van der Waals surface area contributed by atoms with E-state index in [2.05, 4.69) is 77.8 Å². The second-order valence-corrected chi connectivity index (χ2v) is 9.83. The van der Waals surface area contributed by atoms with Gasteiger partial charge in [0, 0.05) is 47.6 Å². The minimum absolute atomic E-state index is 0.382. The Morgan fingerprint density at radius 2 is 2.09 bits per heavy atom. The van der Waals surface area contributed by atoms with Crippen LogP contribution in [-0.4, -0.2) is 51.1 Å². The summed E-state index contributed by atoms with van der Waals surface area (Å²) in [5.74, 6) is 3.02. The summed E-state index contributed by atoms with van der Waals surface area (Å²) in [7, 11) is 0. The number of piperazine rings is 1. The van der Waals surface area contributed by atoms with Crippen molar-refractivity contribution in [3.63, 3.8) is 0 Å². The maximum Gasteiger partial charge on any atom is 0.192 e. The molecule has 1 fully saturated rings. The molecule has 0 unspecified atom stereocenters. The first-order chi connectivity index (χ1) is 16.5. The first-order valence-corrected chi connectivity index (χ1v) is 12.2. The van der Waals surface area contributed by atoms with Gasteiger partial charge in [0.2, 0.25) is 0 Å². The van der Waals surface area contributed by atoms with Gasteiger partial charge >= 0.3 is 0 Å². The number of H-pyrrole nitrogens is 1. The Hall–Kier alpha value is -3.24. The lowest BCUT2D eigenvalue weighted by atomic mass is 10.0. The van der Waals surface area contributed by atoms with E-state index in [0.717, 1.165) is 52.0 Å². The van der Waals surface area contributed by atoms with Crippen LogP contribution in [0.4, 0.5) is 17.5 Å². The summed E-state index contributed by atoms with van der Waals surface area (Å²) in [6.45, 7) is 7.70. The number of nitrogens with two attached hydrogens (primary N) is 1. The maximum atomic E-state index is 6.02. The minimum atomic E-state index is 0.382. The molecule has 176 valence electrons. The molecule has 0 aliphatic carbocycles. The molecule has 1 aliphatic heterocycles. The van der Waals surface area contributed by atoms with Gasteiger partial charge in [0.05, 0.1) is 5.52 Å². The molecule has 5 rings (SSSR count). The number of rotatable bonds is 6. The number of aromatic nitrogens is 5. The standard InChI is InChI=1S/C24H28BrN9/c1-14(2)20-13-34(9-8-27-20)24-23(28-12-15-4-3-5-17(25)10-15)33-32-22(29-24)16-6-7-19-18(11-16)21(26)31-30-19/h3-7,10-11,14,20,27H,8-9,12-13H2,1-2H3,(H,28,33)(H3,26,30,31)/t20-/m1/s1. The Kier molecular flexibility index (Phi) is 6.34. The van der Waals surface area contributed by atoms with E-state index in [0.29, 0.717) is 36.0 Å².